The van der Waals surface area contributed by atoms with Gasteiger partial charge < -0.3 is 14.6 Å². The molecule has 2 heterocycles. The molecule has 17 heavy (non-hydrogen) atoms. The molecule has 4 heteroatoms. The molecule has 0 amide bonds. The molecule has 0 spiro atoms. The molecule has 1 unspecified atom stereocenters. The van der Waals surface area contributed by atoms with E-state index >= 15 is 0 Å². The molecule has 4 nitrogen and oxygen atoms in total. The van der Waals surface area contributed by atoms with Crippen molar-refractivity contribution in [1.29, 1.82) is 0 Å². The Kier molecular flexibility index (Phi) is 4.18. The molecule has 1 fully saturated rings. The summed E-state index contributed by atoms with van der Waals surface area (Å²) in [4.78, 5) is 6.93. The molecule has 2 rings (SSSR count). The number of hydrogen-bond donors (Lipinski definition) is 1. The third-order valence-electron chi connectivity index (χ3n) is 3.45. The van der Waals surface area contributed by atoms with Crippen LogP contribution >= 0.6 is 0 Å². The molecule has 0 bridgehead atoms. The van der Waals surface area contributed by atoms with E-state index in [1.165, 1.54) is 19.4 Å². The molecule has 0 radical (unpaired) electrons. The highest BCUT2D eigenvalue weighted by Crippen LogP contribution is 2.27. The Labute approximate surface area is 103 Å². The largest absolute Gasteiger partial charge is 0.444 e. The molecule has 1 atom stereocenters. The summed E-state index contributed by atoms with van der Waals surface area (Å²) >= 11 is 0. The van der Waals surface area contributed by atoms with E-state index in [1.807, 2.05) is 13.2 Å². The van der Waals surface area contributed by atoms with Crippen molar-refractivity contribution in [3.05, 3.63) is 17.8 Å². The molecular weight excluding hydrogens is 214 g/mol. The van der Waals surface area contributed by atoms with Gasteiger partial charge in [-0.1, -0.05) is 0 Å². The van der Waals surface area contributed by atoms with Crippen molar-refractivity contribution in [1.82, 2.24) is 15.2 Å². The number of piperidine rings is 1. The smallest absolute Gasteiger partial charge is 0.198 e. The maximum atomic E-state index is 5.79. The molecule has 0 saturated carbocycles. The van der Waals surface area contributed by atoms with Gasteiger partial charge in [0.1, 0.15) is 5.76 Å². The van der Waals surface area contributed by atoms with E-state index in [0.29, 0.717) is 12.0 Å². The molecule has 1 aromatic rings. The molecule has 0 aromatic carbocycles. The minimum atomic E-state index is 0.469. The van der Waals surface area contributed by atoms with Crippen LogP contribution in [0.5, 0.6) is 0 Å². The van der Waals surface area contributed by atoms with Gasteiger partial charge in [0.15, 0.2) is 5.89 Å². The fourth-order valence-corrected chi connectivity index (χ4v) is 2.44. The topological polar surface area (TPSA) is 41.3 Å². The van der Waals surface area contributed by atoms with Crippen LogP contribution in [-0.2, 0) is 6.54 Å². The molecule has 1 aliphatic heterocycles. The first-order chi connectivity index (χ1) is 8.20. The third-order valence-corrected chi connectivity index (χ3v) is 3.45. The highest BCUT2D eigenvalue weighted by atomic mass is 16.4. The van der Waals surface area contributed by atoms with Crippen LogP contribution < -0.4 is 5.32 Å². The van der Waals surface area contributed by atoms with Crippen LogP contribution in [0.1, 0.15) is 44.3 Å². The SMILES string of the molecule is CNCc1cnc(C2CCCN(C(C)C)C2)o1. The standard InChI is InChI=1S/C13H23N3O/c1-10(2)16-6-4-5-11(9-16)13-15-8-12(17-13)7-14-3/h8,10-11,14H,4-7,9H2,1-3H3. The lowest BCUT2D eigenvalue weighted by Gasteiger charge is -2.34. The maximum Gasteiger partial charge on any atom is 0.198 e. The van der Waals surface area contributed by atoms with E-state index in [-0.39, 0.29) is 0 Å². The fraction of sp³-hybridized carbons (Fsp3) is 0.769. The van der Waals surface area contributed by atoms with Crippen molar-refractivity contribution in [3.8, 4) is 0 Å². The van der Waals surface area contributed by atoms with Crippen LogP contribution in [0.15, 0.2) is 10.6 Å². The second-order valence-corrected chi connectivity index (χ2v) is 5.12. The van der Waals surface area contributed by atoms with Gasteiger partial charge in [0.25, 0.3) is 0 Å². The van der Waals surface area contributed by atoms with Gasteiger partial charge in [0, 0.05) is 18.5 Å². The first kappa shape index (κ1) is 12.6. The summed E-state index contributed by atoms with van der Waals surface area (Å²) in [5.74, 6) is 2.32. The van der Waals surface area contributed by atoms with E-state index in [2.05, 4.69) is 29.0 Å². The molecule has 1 aromatic heterocycles. The summed E-state index contributed by atoms with van der Waals surface area (Å²) in [6, 6.07) is 0.615. The number of aromatic nitrogens is 1. The number of likely N-dealkylation sites (tertiary alicyclic amines) is 1. The highest BCUT2D eigenvalue weighted by Gasteiger charge is 2.26. The normalized spacial score (nSPS) is 22.2. The minimum Gasteiger partial charge on any atom is -0.444 e. The van der Waals surface area contributed by atoms with Gasteiger partial charge in [-0.3, -0.25) is 0 Å². The summed E-state index contributed by atoms with van der Waals surface area (Å²) < 4.78 is 5.79. The lowest BCUT2D eigenvalue weighted by molar-refractivity contribution is 0.156. The molecule has 1 N–H and O–H groups in total. The van der Waals surface area contributed by atoms with Crippen LogP contribution in [0.2, 0.25) is 0 Å². The van der Waals surface area contributed by atoms with Crippen molar-refractivity contribution >= 4 is 0 Å². The average molecular weight is 237 g/mol. The van der Waals surface area contributed by atoms with E-state index in [4.69, 9.17) is 4.42 Å². The molecule has 1 aliphatic rings. The van der Waals surface area contributed by atoms with Crippen molar-refractivity contribution in [2.24, 2.45) is 0 Å². The predicted molar refractivity (Wildman–Crippen MR) is 68.0 cm³/mol. The maximum absolute atomic E-state index is 5.79. The number of rotatable bonds is 4. The van der Waals surface area contributed by atoms with Gasteiger partial charge in [0.2, 0.25) is 0 Å². The second kappa shape index (κ2) is 5.65. The lowest BCUT2D eigenvalue weighted by atomic mass is 9.97. The Morgan fingerprint density at radius 2 is 2.41 bits per heavy atom. The Bertz CT molecular complexity index is 348. The van der Waals surface area contributed by atoms with Crippen molar-refractivity contribution in [2.45, 2.75) is 45.2 Å². The van der Waals surface area contributed by atoms with Gasteiger partial charge in [0.05, 0.1) is 12.7 Å². The summed E-state index contributed by atoms with van der Waals surface area (Å²) in [6.07, 6.45) is 4.29. The van der Waals surface area contributed by atoms with Gasteiger partial charge in [-0.25, -0.2) is 4.98 Å². The minimum absolute atomic E-state index is 0.469. The van der Waals surface area contributed by atoms with Crippen LogP contribution in [0.4, 0.5) is 0 Å². The zero-order valence-corrected chi connectivity index (χ0v) is 11.1. The number of hydrogen-bond acceptors (Lipinski definition) is 4. The van der Waals surface area contributed by atoms with Crippen molar-refractivity contribution < 1.29 is 4.42 Å². The Morgan fingerprint density at radius 1 is 1.59 bits per heavy atom. The highest BCUT2D eigenvalue weighted by molar-refractivity contribution is 5.01. The Hall–Kier alpha value is -0.870. The second-order valence-electron chi connectivity index (χ2n) is 5.12. The number of nitrogens with zero attached hydrogens (tertiary/aromatic N) is 2. The van der Waals surface area contributed by atoms with Gasteiger partial charge in [-0.2, -0.15) is 0 Å². The summed E-state index contributed by atoms with van der Waals surface area (Å²) in [5.41, 5.74) is 0. The zero-order chi connectivity index (χ0) is 12.3. The average Bonchev–Trinajstić information content (AvgIpc) is 2.78. The lowest BCUT2D eigenvalue weighted by Crippen LogP contribution is -2.39. The van der Waals surface area contributed by atoms with Crippen molar-refractivity contribution in [2.75, 3.05) is 20.1 Å². The first-order valence-electron chi connectivity index (χ1n) is 6.54. The molecule has 96 valence electrons. The zero-order valence-electron chi connectivity index (χ0n) is 11.1. The van der Waals surface area contributed by atoms with E-state index in [0.717, 1.165) is 24.7 Å². The molecule has 0 aliphatic carbocycles. The first-order valence-corrected chi connectivity index (χ1v) is 6.54. The summed E-state index contributed by atoms with van der Waals surface area (Å²) in [6.45, 7) is 7.55. The Morgan fingerprint density at radius 3 is 3.12 bits per heavy atom. The van der Waals surface area contributed by atoms with E-state index in [1.54, 1.807) is 0 Å². The van der Waals surface area contributed by atoms with E-state index < -0.39 is 0 Å². The summed E-state index contributed by atoms with van der Waals surface area (Å²) in [7, 11) is 1.92. The fourth-order valence-electron chi connectivity index (χ4n) is 2.44. The summed E-state index contributed by atoms with van der Waals surface area (Å²) in [5, 5.41) is 3.08. The Balaban J connectivity index is 2.00. The third kappa shape index (κ3) is 3.07. The molecule has 1 saturated heterocycles. The van der Waals surface area contributed by atoms with Crippen LogP contribution in [0.25, 0.3) is 0 Å². The quantitative estimate of drug-likeness (QED) is 0.869. The molecular formula is C13H23N3O. The van der Waals surface area contributed by atoms with Gasteiger partial charge in [-0.05, 0) is 40.3 Å². The van der Waals surface area contributed by atoms with E-state index in [9.17, 15) is 0 Å². The van der Waals surface area contributed by atoms with Crippen LogP contribution in [0.3, 0.4) is 0 Å². The van der Waals surface area contributed by atoms with Gasteiger partial charge in [-0.15, -0.1) is 0 Å². The monoisotopic (exact) mass is 237 g/mol. The van der Waals surface area contributed by atoms with Crippen LogP contribution in [0, 0.1) is 0 Å². The van der Waals surface area contributed by atoms with Gasteiger partial charge >= 0.3 is 0 Å². The number of nitrogens with one attached hydrogen (secondary N) is 1. The van der Waals surface area contributed by atoms with Crippen molar-refractivity contribution in [3.63, 3.8) is 0 Å². The van der Waals surface area contributed by atoms with Crippen LogP contribution in [-0.4, -0.2) is 36.1 Å². The number of oxazole rings is 1. The predicted octanol–water partition coefficient (Wildman–Crippen LogP) is 1.98.